The highest BCUT2D eigenvalue weighted by atomic mass is 35.5. The van der Waals surface area contributed by atoms with Crippen molar-refractivity contribution in [1.29, 1.82) is 0 Å². The van der Waals surface area contributed by atoms with Crippen LogP contribution in [0.2, 0.25) is 4.34 Å². The summed E-state index contributed by atoms with van der Waals surface area (Å²) in [5.74, 6) is 0.142. The molecule has 2 rings (SSSR count). The first-order chi connectivity index (χ1) is 8.24. The maximum atomic E-state index is 11.7. The van der Waals surface area contributed by atoms with Gasteiger partial charge >= 0.3 is 0 Å². The smallest absolute Gasteiger partial charge is 0.220 e. The highest BCUT2D eigenvalue weighted by molar-refractivity contribution is 7.16. The van der Waals surface area contributed by atoms with Crippen LogP contribution >= 0.6 is 35.3 Å². The fraction of sp³-hybridized carbons (Fsp3) is 0.583. The van der Waals surface area contributed by atoms with Crippen molar-refractivity contribution in [2.75, 3.05) is 13.1 Å². The van der Waals surface area contributed by atoms with Crippen LogP contribution in [0.15, 0.2) is 12.1 Å². The molecule has 0 bridgehead atoms. The van der Waals surface area contributed by atoms with Gasteiger partial charge in [-0.3, -0.25) is 4.79 Å². The number of halogens is 2. The molecule has 102 valence electrons. The van der Waals surface area contributed by atoms with Crippen LogP contribution in [-0.4, -0.2) is 25.0 Å². The van der Waals surface area contributed by atoms with E-state index in [2.05, 4.69) is 10.6 Å². The Bertz CT molecular complexity index is 378. The van der Waals surface area contributed by atoms with E-state index in [-0.39, 0.29) is 18.3 Å². The van der Waals surface area contributed by atoms with E-state index in [4.69, 9.17) is 11.6 Å². The van der Waals surface area contributed by atoms with Gasteiger partial charge in [-0.15, -0.1) is 23.7 Å². The quantitative estimate of drug-likeness (QED) is 0.898. The van der Waals surface area contributed by atoms with Crippen molar-refractivity contribution in [2.24, 2.45) is 0 Å². The van der Waals surface area contributed by atoms with Crippen LogP contribution in [-0.2, 0) is 11.2 Å². The molecule has 18 heavy (non-hydrogen) atoms. The fourth-order valence-electron chi connectivity index (χ4n) is 2.00. The van der Waals surface area contributed by atoms with Crippen LogP contribution in [0.1, 0.15) is 24.1 Å². The molecule has 0 aromatic carbocycles. The van der Waals surface area contributed by atoms with Gasteiger partial charge in [0, 0.05) is 23.9 Å². The summed E-state index contributed by atoms with van der Waals surface area (Å²) in [6.45, 7) is 1.97. The lowest BCUT2D eigenvalue weighted by Gasteiger charge is -2.23. The molecular formula is C12H18Cl2N2OS. The van der Waals surface area contributed by atoms with Crippen LogP contribution in [0.4, 0.5) is 0 Å². The number of rotatable bonds is 4. The molecule has 1 aliphatic heterocycles. The topological polar surface area (TPSA) is 41.1 Å². The standard InChI is InChI=1S/C12H17ClN2OS.ClH/c13-11-5-3-10(17-11)4-6-12(16)15-9-2-1-7-14-8-9;/h3,5,9,14H,1-2,4,6-8H2,(H,15,16);1H/t9-;/m0./s1. The first-order valence-electron chi connectivity index (χ1n) is 5.98. The van der Waals surface area contributed by atoms with Gasteiger partial charge in [-0.2, -0.15) is 0 Å². The van der Waals surface area contributed by atoms with Crippen LogP contribution in [0.25, 0.3) is 0 Å². The molecule has 1 atom stereocenters. The number of amides is 1. The maximum Gasteiger partial charge on any atom is 0.220 e. The molecule has 3 nitrogen and oxygen atoms in total. The summed E-state index contributed by atoms with van der Waals surface area (Å²) >= 11 is 7.39. The molecule has 2 N–H and O–H groups in total. The summed E-state index contributed by atoms with van der Waals surface area (Å²) in [7, 11) is 0. The molecule has 2 heterocycles. The third kappa shape index (κ3) is 5.14. The van der Waals surface area contributed by atoms with E-state index < -0.39 is 0 Å². The normalized spacial score (nSPS) is 19.1. The molecule has 0 radical (unpaired) electrons. The van der Waals surface area contributed by atoms with Gasteiger partial charge in [0.05, 0.1) is 4.34 Å². The van der Waals surface area contributed by atoms with Crippen LogP contribution in [0.5, 0.6) is 0 Å². The number of thiophene rings is 1. The average molecular weight is 309 g/mol. The number of carbonyl (C=O) groups is 1. The van der Waals surface area contributed by atoms with E-state index in [0.29, 0.717) is 12.5 Å². The van der Waals surface area contributed by atoms with Crippen LogP contribution in [0.3, 0.4) is 0 Å². The Morgan fingerprint density at radius 1 is 1.56 bits per heavy atom. The third-order valence-corrected chi connectivity index (χ3v) is 4.18. The number of aryl methyl sites for hydroxylation is 1. The Morgan fingerprint density at radius 2 is 2.39 bits per heavy atom. The van der Waals surface area contributed by atoms with Crippen molar-refractivity contribution in [3.05, 3.63) is 21.3 Å². The van der Waals surface area contributed by atoms with E-state index in [0.717, 1.165) is 36.7 Å². The fourth-order valence-corrected chi connectivity index (χ4v) is 3.08. The lowest BCUT2D eigenvalue weighted by atomic mass is 10.1. The zero-order chi connectivity index (χ0) is 12.1. The van der Waals surface area contributed by atoms with E-state index >= 15 is 0 Å². The molecule has 1 aromatic heterocycles. The molecule has 1 saturated heterocycles. The van der Waals surface area contributed by atoms with Gasteiger partial charge in [0.25, 0.3) is 0 Å². The monoisotopic (exact) mass is 308 g/mol. The summed E-state index contributed by atoms with van der Waals surface area (Å²) in [4.78, 5) is 12.9. The molecule has 1 amide bonds. The molecule has 1 aromatic rings. The summed E-state index contributed by atoms with van der Waals surface area (Å²) in [5, 5.41) is 6.35. The number of hydrogen-bond acceptors (Lipinski definition) is 3. The number of piperidine rings is 1. The zero-order valence-corrected chi connectivity index (χ0v) is 12.5. The van der Waals surface area contributed by atoms with E-state index in [1.165, 1.54) is 4.88 Å². The van der Waals surface area contributed by atoms with E-state index in [1.807, 2.05) is 12.1 Å². The SMILES string of the molecule is Cl.O=C(CCc1ccc(Cl)s1)N[C@H]1CCCNC1. The molecular weight excluding hydrogens is 291 g/mol. The van der Waals surface area contributed by atoms with Crippen molar-refractivity contribution in [3.63, 3.8) is 0 Å². The van der Waals surface area contributed by atoms with Gasteiger partial charge in [0.1, 0.15) is 0 Å². The predicted octanol–water partition coefficient (Wildman–Crippen LogP) is 2.62. The van der Waals surface area contributed by atoms with Gasteiger partial charge in [-0.1, -0.05) is 11.6 Å². The minimum atomic E-state index is 0. The Labute approximate surface area is 123 Å². The van der Waals surface area contributed by atoms with E-state index in [9.17, 15) is 4.79 Å². The lowest BCUT2D eigenvalue weighted by Crippen LogP contribution is -2.45. The van der Waals surface area contributed by atoms with E-state index in [1.54, 1.807) is 11.3 Å². The van der Waals surface area contributed by atoms with Crippen molar-refractivity contribution in [2.45, 2.75) is 31.7 Å². The first kappa shape index (κ1) is 15.8. The third-order valence-electron chi connectivity index (χ3n) is 2.89. The Kier molecular flexibility index (Phi) is 7.00. The van der Waals surface area contributed by atoms with Gasteiger partial charge in [-0.05, 0) is 37.9 Å². The lowest BCUT2D eigenvalue weighted by molar-refractivity contribution is -0.121. The second-order valence-electron chi connectivity index (χ2n) is 4.32. The Hall–Kier alpha value is -0.290. The molecule has 6 heteroatoms. The van der Waals surface area contributed by atoms with Gasteiger partial charge < -0.3 is 10.6 Å². The minimum Gasteiger partial charge on any atom is -0.352 e. The summed E-state index contributed by atoms with van der Waals surface area (Å²) in [6.07, 6.45) is 3.56. The second kappa shape index (κ2) is 8.00. The van der Waals surface area contributed by atoms with Crippen LogP contribution in [0, 0.1) is 0 Å². The van der Waals surface area contributed by atoms with Gasteiger partial charge in [-0.25, -0.2) is 0 Å². The highest BCUT2D eigenvalue weighted by Gasteiger charge is 2.15. The average Bonchev–Trinajstić information content (AvgIpc) is 2.74. The van der Waals surface area contributed by atoms with Crippen molar-refractivity contribution in [3.8, 4) is 0 Å². The second-order valence-corrected chi connectivity index (χ2v) is 6.12. The molecule has 0 spiro atoms. The Balaban J connectivity index is 0.00000162. The molecule has 1 fully saturated rings. The van der Waals surface area contributed by atoms with Gasteiger partial charge in [0.15, 0.2) is 0 Å². The largest absolute Gasteiger partial charge is 0.352 e. The summed E-state index contributed by atoms with van der Waals surface area (Å²) in [6, 6.07) is 4.18. The number of hydrogen-bond donors (Lipinski definition) is 2. The summed E-state index contributed by atoms with van der Waals surface area (Å²) in [5.41, 5.74) is 0. The van der Waals surface area contributed by atoms with Crippen LogP contribution < -0.4 is 10.6 Å². The van der Waals surface area contributed by atoms with Crippen molar-refractivity contribution >= 4 is 41.3 Å². The Morgan fingerprint density at radius 3 is 3.00 bits per heavy atom. The predicted molar refractivity (Wildman–Crippen MR) is 78.9 cm³/mol. The molecule has 1 aliphatic rings. The first-order valence-corrected chi connectivity index (χ1v) is 7.18. The molecule has 0 unspecified atom stereocenters. The van der Waals surface area contributed by atoms with Gasteiger partial charge in [0.2, 0.25) is 5.91 Å². The number of nitrogens with one attached hydrogen (secondary N) is 2. The number of carbonyl (C=O) groups excluding carboxylic acids is 1. The maximum absolute atomic E-state index is 11.7. The molecule has 0 saturated carbocycles. The van der Waals surface area contributed by atoms with Crippen molar-refractivity contribution in [1.82, 2.24) is 10.6 Å². The highest BCUT2D eigenvalue weighted by Crippen LogP contribution is 2.22. The zero-order valence-electron chi connectivity index (χ0n) is 10.1. The molecule has 0 aliphatic carbocycles. The minimum absolute atomic E-state index is 0. The summed E-state index contributed by atoms with van der Waals surface area (Å²) < 4.78 is 0.789. The van der Waals surface area contributed by atoms with Crippen molar-refractivity contribution < 1.29 is 4.79 Å².